The van der Waals surface area contributed by atoms with Gasteiger partial charge in [0.1, 0.15) is 11.2 Å². The lowest BCUT2D eigenvalue weighted by Gasteiger charge is -2.18. The Hall–Kier alpha value is -5.92. The van der Waals surface area contributed by atoms with Crippen LogP contribution in [0.1, 0.15) is 17.8 Å². The van der Waals surface area contributed by atoms with E-state index in [0.29, 0.717) is 11.1 Å². The number of benzene rings is 8. The molecule has 0 saturated heterocycles. The average molecular weight is 586 g/mol. The Bertz CT molecular complexity index is 3140. The van der Waals surface area contributed by atoms with E-state index in [0.717, 1.165) is 38.6 Å². The number of hydrogen-bond donors (Lipinski definition) is 0. The van der Waals surface area contributed by atoms with Gasteiger partial charge in [-0.1, -0.05) is 145 Å². The minimum absolute atomic E-state index is 0.0807. The van der Waals surface area contributed by atoms with Gasteiger partial charge in [0.25, 0.3) is 0 Å². The van der Waals surface area contributed by atoms with Crippen LogP contribution in [0.2, 0.25) is 0 Å². The van der Waals surface area contributed by atoms with Crippen molar-refractivity contribution in [3.63, 3.8) is 0 Å². The quantitative estimate of drug-likeness (QED) is 0.187. The van der Waals surface area contributed by atoms with Gasteiger partial charge in [-0.2, -0.15) is 0 Å². The monoisotopic (exact) mass is 585 g/mol. The van der Waals surface area contributed by atoms with E-state index in [1.54, 1.807) is 12.1 Å². The Morgan fingerprint density at radius 2 is 0.844 bits per heavy atom. The van der Waals surface area contributed by atoms with Crippen molar-refractivity contribution in [1.29, 1.82) is 0 Å². The van der Waals surface area contributed by atoms with Crippen LogP contribution < -0.4 is 0 Å². The molecule has 9 rings (SSSR count). The first-order valence-electron chi connectivity index (χ1n) is 20.9. The van der Waals surface area contributed by atoms with Gasteiger partial charge in [0.15, 0.2) is 0 Å². The smallest absolute Gasteiger partial charge is 0.136 e. The second-order valence-electron chi connectivity index (χ2n) is 10.7. The van der Waals surface area contributed by atoms with E-state index in [4.69, 9.17) is 19.5 Å². The molecule has 45 heavy (non-hydrogen) atoms. The summed E-state index contributed by atoms with van der Waals surface area (Å²) in [4.78, 5) is 0. The molecule has 0 amide bonds. The van der Waals surface area contributed by atoms with Crippen molar-refractivity contribution in [3.05, 3.63) is 170 Å². The maximum absolute atomic E-state index is 9.17. The molecule has 0 radical (unpaired) electrons. The molecule has 0 spiro atoms. The Morgan fingerprint density at radius 3 is 1.51 bits per heavy atom. The average Bonchev–Trinajstić information content (AvgIpc) is 3.61. The van der Waals surface area contributed by atoms with E-state index in [1.807, 2.05) is 72.8 Å². The molecule has 0 saturated carbocycles. The Labute approximate surface area is 279 Å². The number of fused-ring (bicyclic) bond motifs is 5. The van der Waals surface area contributed by atoms with Gasteiger partial charge >= 0.3 is 0 Å². The van der Waals surface area contributed by atoms with Crippen LogP contribution in [0.4, 0.5) is 0 Å². The van der Waals surface area contributed by atoms with Gasteiger partial charge in [0.2, 0.25) is 0 Å². The highest BCUT2D eigenvalue weighted by Gasteiger charge is 2.16. The molecule has 0 atom stereocenters. The van der Waals surface area contributed by atoms with Gasteiger partial charge in [0.05, 0.1) is 17.8 Å². The van der Waals surface area contributed by atoms with E-state index < -0.39 is 84.1 Å². The molecule has 9 aromatic rings. The second-order valence-corrected chi connectivity index (χ2v) is 10.7. The maximum atomic E-state index is 9.17. The molecule has 0 fully saturated rings. The van der Waals surface area contributed by atoms with Crippen molar-refractivity contribution in [2.24, 2.45) is 0 Å². The Kier molecular flexibility index (Phi) is 3.62. The van der Waals surface area contributed by atoms with Crippen molar-refractivity contribution in [2.75, 3.05) is 0 Å². The molecular weight excluding hydrogens is 544 g/mol. The molecule has 1 heteroatoms. The number of furan rings is 1. The van der Waals surface area contributed by atoms with Gasteiger partial charge in [0, 0.05) is 10.8 Å². The largest absolute Gasteiger partial charge is 0.456 e. The molecule has 1 nitrogen and oxygen atoms in total. The van der Waals surface area contributed by atoms with Crippen LogP contribution in [-0.4, -0.2) is 0 Å². The number of rotatable bonds is 4. The van der Waals surface area contributed by atoms with Gasteiger partial charge in [-0.3, -0.25) is 0 Å². The topological polar surface area (TPSA) is 13.1 Å². The van der Waals surface area contributed by atoms with Crippen molar-refractivity contribution in [2.45, 2.75) is 0 Å². The summed E-state index contributed by atoms with van der Waals surface area (Å²) >= 11 is 0. The molecule has 0 aliphatic carbocycles. The molecule has 210 valence electrons. The van der Waals surface area contributed by atoms with Gasteiger partial charge in [-0.15, -0.1) is 0 Å². The lowest BCUT2D eigenvalue weighted by atomic mass is 9.86. The second kappa shape index (κ2) is 10.4. The summed E-state index contributed by atoms with van der Waals surface area (Å²) in [5, 5.41) is 1.11. The van der Waals surface area contributed by atoms with Crippen molar-refractivity contribution in [1.82, 2.24) is 0 Å². The fourth-order valence-electron chi connectivity index (χ4n) is 6.13. The van der Waals surface area contributed by atoms with Gasteiger partial charge in [-0.05, 0) is 90.3 Å². The third-order valence-corrected chi connectivity index (χ3v) is 8.21. The zero-order valence-electron chi connectivity index (χ0n) is 36.6. The molecule has 1 aromatic heterocycles. The van der Waals surface area contributed by atoms with E-state index >= 15 is 0 Å². The zero-order valence-corrected chi connectivity index (χ0v) is 23.6. The van der Waals surface area contributed by atoms with Crippen molar-refractivity contribution < 1.29 is 22.2 Å². The van der Waals surface area contributed by atoms with Crippen LogP contribution in [0.5, 0.6) is 0 Å². The Balaban J connectivity index is 1.31. The third-order valence-electron chi connectivity index (χ3n) is 8.21. The molecule has 1 heterocycles. The highest BCUT2D eigenvalue weighted by Crippen LogP contribution is 2.44. The van der Waals surface area contributed by atoms with Crippen LogP contribution in [0.15, 0.2) is 174 Å². The molecular formula is C44H28O. The van der Waals surface area contributed by atoms with E-state index in [1.165, 1.54) is 0 Å². The first-order valence-corrected chi connectivity index (χ1v) is 14.4. The SMILES string of the molecule is [2H]c1c([2H])c([2H])c(-c2c3c([2H])c([2H])c([2H])c([2H])c3c(-c3ccc(-c4ccc5oc6cc(-c7ccccc7)ccc6c5c4)cc3)c3c([2H])c([2H])c([2H])c([2H])c23)c([2H])c1[2H]. The van der Waals surface area contributed by atoms with E-state index in [9.17, 15) is 2.74 Å². The van der Waals surface area contributed by atoms with E-state index in [-0.39, 0.29) is 32.7 Å². The summed E-state index contributed by atoms with van der Waals surface area (Å²) < 4.78 is 120. The van der Waals surface area contributed by atoms with Gasteiger partial charge < -0.3 is 4.42 Å². The highest BCUT2D eigenvalue weighted by atomic mass is 16.3. The zero-order chi connectivity index (χ0) is 41.1. The van der Waals surface area contributed by atoms with Crippen molar-refractivity contribution >= 4 is 43.5 Å². The van der Waals surface area contributed by atoms with Crippen LogP contribution in [-0.2, 0) is 0 Å². The third kappa shape index (κ3) is 4.24. The summed E-state index contributed by atoms with van der Waals surface area (Å²) in [6.45, 7) is 0. The molecule has 0 N–H and O–H groups in total. The predicted octanol–water partition coefficient (Wildman–Crippen LogP) is 12.6. The van der Waals surface area contributed by atoms with Crippen LogP contribution in [0.25, 0.3) is 88.0 Å². The van der Waals surface area contributed by atoms with E-state index in [2.05, 4.69) is 6.07 Å². The first-order chi connectivity index (χ1) is 27.7. The standard InChI is InChI=1S/C44H28O/c1-3-11-29(12-4-1)34-23-25-35-40-27-33(24-26-41(40)45-42(35)28-34)30-19-21-32(22-20-30)44-38-17-9-7-15-36(38)43(31-13-5-2-6-14-31)37-16-8-10-18-39(37)44/h1-28H/i2D,5D,6D,7D,8D,9D,10D,13D,14D,15D,16D,17D,18D. The fraction of sp³-hybridized carbons (Fsp3) is 0. The minimum atomic E-state index is -0.711. The first kappa shape index (κ1) is 15.7. The molecule has 8 aromatic carbocycles. The molecule has 0 aliphatic heterocycles. The maximum Gasteiger partial charge on any atom is 0.136 e. The summed E-state index contributed by atoms with van der Waals surface area (Å²) in [5.41, 5.74) is 4.87. The summed E-state index contributed by atoms with van der Waals surface area (Å²) in [6, 6.07) is 20.7. The summed E-state index contributed by atoms with van der Waals surface area (Å²) in [7, 11) is 0. The van der Waals surface area contributed by atoms with Crippen LogP contribution in [0, 0.1) is 0 Å². The predicted molar refractivity (Wildman–Crippen MR) is 190 cm³/mol. The Morgan fingerprint density at radius 1 is 0.333 bits per heavy atom. The molecule has 0 unspecified atom stereocenters. The van der Waals surface area contributed by atoms with Gasteiger partial charge in [-0.25, -0.2) is 0 Å². The molecule has 0 bridgehead atoms. The number of hydrogen-bond acceptors (Lipinski definition) is 1. The normalized spacial score (nSPS) is 15.6. The van der Waals surface area contributed by atoms with Crippen LogP contribution in [0.3, 0.4) is 0 Å². The fourth-order valence-corrected chi connectivity index (χ4v) is 6.13. The lowest BCUT2D eigenvalue weighted by Crippen LogP contribution is -1.90. The lowest BCUT2D eigenvalue weighted by molar-refractivity contribution is 0.669. The highest BCUT2D eigenvalue weighted by molar-refractivity contribution is 6.21. The van der Waals surface area contributed by atoms with Crippen LogP contribution >= 0.6 is 0 Å². The van der Waals surface area contributed by atoms with Crippen molar-refractivity contribution in [3.8, 4) is 44.5 Å². The summed E-state index contributed by atoms with van der Waals surface area (Å²) in [5.74, 6) is 0. The summed E-state index contributed by atoms with van der Waals surface area (Å²) in [6.07, 6.45) is 0. The minimum Gasteiger partial charge on any atom is -0.456 e. The molecule has 0 aliphatic rings.